The number of rotatable bonds is 13. The number of hydrogen-bond acceptors (Lipinski definition) is 6. The van der Waals surface area contributed by atoms with Gasteiger partial charge in [-0.3, -0.25) is 9.59 Å². The van der Waals surface area contributed by atoms with Crippen molar-refractivity contribution in [3.63, 3.8) is 0 Å². The van der Waals surface area contributed by atoms with Crippen LogP contribution in [0.3, 0.4) is 0 Å². The quantitative estimate of drug-likeness (QED) is 0.180. The molecule has 8 heteroatoms. The molecule has 2 N–H and O–H groups in total. The van der Waals surface area contributed by atoms with Gasteiger partial charge in [0.15, 0.2) is 5.78 Å². The van der Waals surface area contributed by atoms with Crippen molar-refractivity contribution in [1.29, 1.82) is 0 Å². The molecule has 0 spiro atoms. The number of benzene rings is 3. The molecule has 0 bridgehead atoms. The molecule has 38 heavy (non-hydrogen) atoms. The summed E-state index contributed by atoms with van der Waals surface area (Å²) >= 11 is 0. The summed E-state index contributed by atoms with van der Waals surface area (Å²) < 4.78 is 34.5. The van der Waals surface area contributed by atoms with Crippen LogP contribution in [0.1, 0.15) is 73.0 Å². The summed E-state index contributed by atoms with van der Waals surface area (Å²) in [5.74, 6) is -1.12. The highest BCUT2D eigenvalue weighted by Crippen LogP contribution is 2.37. The molecule has 0 radical (unpaired) electrons. The van der Waals surface area contributed by atoms with E-state index in [1.165, 1.54) is 12.1 Å². The van der Waals surface area contributed by atoms with E-state index in [0.29, 0.717) is 23.1 Å². The standard InChI is InChI=1S/C30H33NO6S/c1-2-3-4-5-6-12-19-37-30(34)27(28(32)21-13-8-7-9-14-21)31-38(35,36)22-17-18-24-23-15-10-11-16-25(23)29(33)26(24)20-22/h7-11,13-18,20,27-28,31-32H,2-6,12,19H2,1H3. The largest absolute Gasteiger partial charge is 0.464 e. The van der Waals surface area contributed by atoms with Gasteiger partial charge in [0.1, 0.15) is 12.1 Å². The number of esters is 1. The molecule has 0 fully saturated rings. The average Bonchev–Trinajstić information content (AvgIpc) is 3.22. The van der Waals surface area contributed by atoms with Crippen molar-refractivity contribution >= 4 is 21.8 Å². The Morgan fingerprint density at radius 2 is 1.47 bits per heavy atom. The summed E-state index contributed by atoms with van der Waals surface area (Å²) in [7, 11) is -4.30. The maximum absolute atomic E-state index is 13.4. The van der Waals surface area contributed by atoms with Crippen LogP contribution in [-0.4, -0.2) is 37.9 Å². The summed E-state index contributed by atoms with van der Waals surface area (Å²) in [6.07, 6.45) is 4.54. The molecule has 4 rings (SSSR count). The van der Waals surface area contributed by atoms with Crippen LogP contribution in [0.25, 0.3) is 11.1 Å². The Hall–Kier alpha value is -3.33. The molecule has 0 saturated carbocycles. The van der Waals surface area contributed by atoms with Gasteiger partial charge in [-0.2, -0.15) is 4.72 Å². The Morgan fingerprint density at radius 1 is 0.842 bits per heavy atom. The number of hydrogen-bond donors (Lipinski definition) is 2. The SMILES string of the molecule is CCCCCCCCOC(=O)C(NS(=O)(=O)c1ccc2c(c1)C(=O)c1ccccc1-2)C(O)c1ccccc1. The van der Waals surface area contributed by atoms with Crippen LogP contribution < -0.4 is 4.72 Å². The van der Waals surface area contributed by atoms with E-state index >= 15 is 0 Å². The van der Waals surface area contributed by atoms with E-state index in [1.807, 2.05) is 12.1 Å². The molecule has 0 heterocycles. The van der Waals surface area contributed by atoms with Crippen LogP contribution in [0.15, 0.2) is 77.7 Å². The third-order valence-electron chi connectivity index (χ3n) is 6.74. The molecular weight excluding hydrogens is 502 g/mol. The number of carbonyl (C=O) groups excluding carboxylic acids is 2. The van der Waals surface area contributed by atoms with E-state index in [-0.39, 0.29) is 22.8 Å². The van der Waals surface area contributed by atoms with Crippen molar-refractivity contribution in [1.82, 2.24) is 4.72 Å². The minimum atomic E-state index is -4.30. The van der Waals surface area contributed by atoms with Gasteiger partial charge in [-0.15, -0.1) is 0 Å². The fourth-order valence-electron chi connectivity index (χ4n) is 4.64. The van der Waals surface area contributed by atoms with Gasteiger partial charge >= 0.3 is 5.97 Å². The summed E-state index contributed by atoms with van der Waals surface area (Å²) in [5.41, 5.74) is 2.57. The normalized spacial score (nSPS) is 14.0. The number of nitrogens with one attached hydrogen (secondary N) is 1. The maximum atomic E-state index is 13.4. The second kappa shape index (κ2) is 12.5. The number of ether oxygens (including phenoxy) is 1. The first-order valence-corrected chi connectivity index (χ1v) is 14.5. The Kier molecular flexibility index (Phi) is 9.09. The highest BCUT2D eigenvalue weighted by atomic mass is 32.2. The molecule has 2 unspecified atom stereocenters. The van der Waals surface area contributed by atoms with Gasteiger partial charge in [0, 0.05) is 11.1 Å². The molecule has 200 valence electrons. The van der Waals surface area contributed by atoms with Gasteiger partial charge in [0.05, 0.1) is 11.5 Å². The topological polar surface area (TPSA) is 110 Å². The van der Waals surface area contributed by atoms with Crippen LogP contribution >= 0.6 is 0 Å². The van der Waals surface area contributed by atoms with Crippen LogP contribution in [0.2, 0.25) is 0 Å². The lowest BCUT2D eigenvalue weighted by Crippen LogP contribution is -2.46. The lowest BCUT2D eigenvalue weighted by atomic mass is 10.0. The second-order valence-electron chi connectivity index (χ2n) is 9.47. The van der Waals surface area contributed by atoms with Gasteiger partial charge in [-0.05, 0) is 35.2 Å². The summed E-state index contributed by atoms with van der Waals surface area (Å²) in [6.45, 7) is 2.27. The van der Waals surface area contributed by atoms with Crippen LogP contribution in [0.5, 0.6) is 0 Å². The van der Waals surface area contributed by atoms with Crippen molar-refractivity contribution < 1.29 is 27.9 Å². The summed E-state index contributed by atoms with van der Waals surface area (Å²) in [6, 6.07) is 18.2. The lowest BCUT2D eigenvalue weighted by Gasteiger charge is -2.23. The third kappa shape index (κ3) is 6.20. The molecule has 0 saturated heterocycles. The van der Waals surface area contributed by atoms with E-state index in [4.69, 9.17) is 4.74 Å². The fourth-order valence-corrected chi connectivity index (χ4v) is 5.85. The Balaban J connectivity index is 1.52. The summed E-state index contributed by atoms with van der Waals surface area (Å²) in [4.78, 5) is 25.7. The monoisotopic (exact) mass is 535 g/mol. The van der Waals surface area contributed by atoms with E-state index in [1.54, 1.807) is 48.5 Å². The predicted molar refractivity (Wildman–Crippen MR) is 145 cm³/mol. The third-order valence-corrected chi connectivity index (χ3v) is 8.18. The van der Waals surface area contributed by atoms with Gasteiger partial charge in [-0.25, -0.2) is 8.42 Å². The zero-order valence-corrected chi connectivity index (χ0v) is 22.2. The van der Waals surface area contributed by atoms with E-state index in [2.05, 4.69) is 11.6 Å². The van der Waals surface area contributed by atoms with Crippen molar-refractivity contribution in [2.45, 2.75) is 62.5 Å². The molecule has 3 aromatic carbocycles. The van der Waals surface area contributed by atoms with Gasteiger partial charge in [0.2, 0.25) is 10.0 Å². The molecule has 0 amide bonds. The number of carbonyl (C=O) groups is 2. The fraction of sp³-hybridized carbons (Fsp3) is 0.333. The average molecular weight is 536 g/mol. The van der Waals surface area contributed by atoms with Gasteiger partial charge in [-0.1, -0.05) is 99.7 Å². The van der Waals surface area contributed by atoms with Crippen molar-refractivity contribution in [3.8, 4) is 11.1 Å². The molecule has 0 aliphatic heterocycles. The molecule has 1 aliphatic carbocycles. The van der Waals surface area contributed by atoms with Crippen LogP contribution in [0, 0.1) is 0 Å². The van der Waals surface area contributed by atoms with Crippen molar-refractivity contribution in [2.75, 3.05) is 6.61 Å². The number of sulfonamides is 1. The molecular formula is C30H33NO6S. The highest BCUT2D eigenvalue weighted by Gasteiger charge is 2.35. The first-order chi connectivity index (χ1) is 18.3. The highest BCUT2D eigenvalue weighted by molar-refractivity contribution is 7.89. The molecule has 0 aromatic heterocycles. The van der Waals surface area contributed by atoms with Crippen molar-refractivity contribution in [3.05, 3.63) is 89.5 Å². The van der Waals surface area contributed by atoms with Crippen LogP contribution in [-0.2, 0) is 19.6 Å². The Labute approximate surface area is 223 Å². The minimum Gasteiger partial charge on any atom is -0.464 e. The summed E-state index contributed by atoms with van der Waals surface area (Å²) in [5, 5.41) is 11.0. The molecule has 3 aromatic rings. The minimum absolute atomic E-state index is 0.135. The van der Waals surface area contributed by atoms with E-state index < -0.39 is 28.1 Å². The predicted octanol–water partition coefficient (Wildman–Crippen LogP) is 5.18. The molecule has 2 atom stereocenters. The second-order valence-corrected chi connectivity index (χ2v) is 11.2. The molecule has 7 nitrogen and oxygen atoms in total. The number of aliphatic hydroxyl groups is 1. The first-order valence-electron chi connectivity index (χ1n) is 13.0. The lowest BCUT2D eigenvalue weighted by molar-refractivity contribution is -0.148. The van der Waals surface area contributed by atoms with Crippen molar-refractivity contribution in [2.24, 2.45) is 0 Å². The Morgan fingerprint density at radius 3 is 2.21 bits per heavy atom. The molecule has 1 aliphatic rings. The van der Waals surface area contributed by atoms with E-state index in [0.717, 1.165) is 37.7 Å². The number of fused-ring (bicyclic) bond motifs is 3. The van der Waals surface area contributed by atoms with Crippen LogP contribution in [0.4, 0.5) is 0 Å². The smallest absolute Gasteiger partial charge is 0.327 e. The first kappa shape index (κ1) is 27.7. The number of aliphatic hydroxyl groups excluding tert-OH is 1. The number of ketones is 1. The van der Waals surface area contributed by atoms with E-state index in [9.17, 15) is 23.1 Å². The maximum Gasteiger partial charge on any atom is 0.327 e. The zero-order chi connectivity index (χ0) is 27.1. The van der Waals surface area contributed by atoms with Gasteiger partial charge < -0.3 is 9.84 Å². The van der Waals surface area contributed by atoms with Gasteiger partial charge in [0.25, 0.3) is 0 Å². The Bertz CT molecular complexity index is 1390. The zero-order valence-electron chi connectivity index (χ0n) is 21.4. The number of unbranched alkanes of at least 4 members (excludes halogenated alkanes) is 5.